The van der Waals surface area contributed by atoms with Crippen LogP contribution < -0.4 is 0 Å². The largest absolute Gasteiger partial charge is 0.394 e. The van der Waals surface area contributed by atoms with E-state index < -0.39 is 37.3 Å². The zero-order chi connectivity index (χ0) is 9.30. The van der Waals surface area contributed by atoms with Crippen LogP contribution in [0.4, 0.5) is 0 Å². The van der Waals surface area contributed by atoms with Crippen molar-refractivity contribution in [1.82, 2.24) is 0 Å². The summed E-state index contributed by atoms with van der Waals surface area (Å²) in [6, 6.07) is 0. The first-order chi connectivity index (χ1) is 5.57. The van der Waals surface area contributed by atoms with Crippen molar-refractivity contribution in [2.24, 2.45) is 0 Å². The third-order valence-electron chi connectivity index (χ3n) is 1.84. The number of aliphatic hydroxyl groups is 5. The van der Waals surface area contributed by atoms with Crippen LogP contribution in [-0.2, 0) is 4.74 Å². The van der Waals surface area contributed by atoms with E-state index >= 15 is 0 Å². The van der Waals surface area contributed by atoms with Crippen LogP contribution in [0.1, 0.15) is 0 Å². The highest BCUT2D eigenvalue weighted by atomic mass is 16.6. The topological polar surface area (TPSA) is 110 Å². The van der Waals surface area contributed by atoms with Crippen molar-refractivity contribution in [2.75, 3.05) is 6.61 Å². The molecule has 1 heterocycles. The fourth-order valence-corrected chi connectivity index (χ4v) is 1.11. The summed E-state index contributed by atoms with van der Waals surface area (Å²) >= 11 is 0. The van der Waals surface area contributed by atoms with Gasteiger partial charge in [-0.05, 0) is 0 Å². The highest BCUT2D eigenvalue weighted by molar-refractivity contribution is 4.89. The Balaban J connectivity index is 2.58. The number of ether oxygens (including phenoxy) is 1. The number of hydrogen-bond donors (Lipinski definition) is 5. The summed E-state index contributed by atoms with van der Waals surface area (Å²) in [6.07, 6.45) is -6.75. The average Bonchev–Trinajstić information content (AvgIpc) is 2.32. The van der Waals surface area contributed by atoms with Crippen LogP contribution in [0.2, 0.25) is 0 Å². The van der Waals surface area contributed by atoms with Crippen molar-refractivity contribution in [2.45, 2.75) is 30.7 Å². The lowest BCUT2D eigenvalue weighted by atomic mass is 10.1. The van der Waals surface area contributed by atoms with Crippen molar-refractivity contribution in [3.63, 3.8) is 0 Å². The number of aliphatic hydroxyl groups excluding tert-OH is 5. The zero-order valence-corrected chi connectivity index (χ0v) is 6.24. The maximum Gasteiger partial charge on any atom is 0.184 e. The first-order valence-electron chi connectivity index (χ1n) is 3.56. The standard InChI is InChI=1S/C6H12O6/c7-1-2(8)5-3(9)4(10)6(11)12-5/h2-11H,1H2/t2?,3-,4-,5+,6+/m0/s1. The second-order valence-corrected chi connectivity index (χ2v) is 2.72. The van der Waals surface area contributed by atoms with E-state index in [2.05, 4.69) is 4.74 Å². The van der Waals surface area contributed by atoms with Gasteiger partial charge in [0.25, 0.3) is 0 Å². The maximum absolute atomic E-state index is 9.12. The highest BCUT2D eigenvalue weighted by Gasteiger charge is 2.44. The normalized spacial score (nSPS) is 44.8. The monoisotopic (exact) mass is 180 g/mol. The van der Waals surface area contributed by atoms with Crippen LogP contribution >= 0.6 is 0 Å². The lowest BCUT2D eigenvalue weighted by molar-refractivity contribution is -0.150. The minimum Gasteiger partial charge on any atom is -0.394 e. The predicted octanol–water partition coefficient (Wildman–Crippen LogP) is -3.22. The van der Waals surface area contributed by atoms with Crippen LogP contribution in [0.5, 0.6) is 0 Å². The molecule has 6 nitrogen and oxygen atoms in total. The summed E-state index contributed by atoms with van der Waals surface area (Å²) in [5, 5.41) is 44.4. The second-order valence-electron chi connectivity index (χ2n) is 2.72. The van der Waals surface area contributed by atoms with E-state index in [-0.39, 0.29) is 0 Å². The zero-order valence-electron chi connectivity index (χ0n) is 6.24. The van der Waals surface area contributed by atoms with Crippen LogP contribution in [-0.4, -0.2) is 62.8 Å². The molecule has 1 unspecified atom stereocenters. The molecule has 1 fully saturated rings. The van der Waals surface area contributed by atoms with Crippen LogP contribution in [0, 0.1) is 0 Å². The summed E-state index contributed by atoms with van der Waals surface area (Å²) in [7, 11) is 0. The lowest BCUT2D eigenvalue weighted by Gasteiger charge is -2.18. The van der Waals surface area contributed by atoms with E-state index in [0.29, 0.717) is 0 Å². The predicted molar refractivity (Wildman–Crippen MR) is 36.0 cm³/mol. The van der Waals surface area contributed by atoms with Crippen molar-refractivity contribution < 1.29 is 30.3 Å². The number of rotatable bonds is 2. The van der Waals surface area contributed by atoms with Crippen molar-refractivity contribution in [3.05, 3.63) is 0 Å². The first kappa shape index (κ1) is 9.85. The van der Waals surface area contributed by atoms with Gasteiger partial charge in [0.15, 0.2) is 6.29 Å². The Morgan fingerprint density at radius 3 is 2.08 bits per heavy atom. The Bertz CT molecular complexity index is 151. The van der Waals surface area contributed by atoms with Gasteiger partial charge < -0.3 is 30.3 Å². The molecule has 1 aliphatic rings. The molecule has 1 aliphatic heterocycles. The maximum atomic E-state index is 9.12. The van der Waals surface area contributed by atoms with Gasteiger partial charge in [0.05, 0.1) is 6.61 Å². The fraction of sp³-hybridized carbons (Fsp3) is 1.00. The van der Waals surface area contributed by atoms with E-state index in [1.165, 1.54) is 0 Å². The summed E-state index contributed by atoms with van der Waals surface area (Å²) in [5.41, 5.74) is 0. The van der Waals surface area contributed by atoms with Crippen molar-refractivity contribution in [1.29, 1.82) is 0 Å². The van der Waals surface area contributed by atoms with Gasteiger partial charge in [-0.3, -0.25) is 0 Å². The Morgan fingerprint density at radius 1 is 1.17 bits per heavy atom. The average molecular weight is 180 g/mol. The second kappa shape index (κ2) is 3.65. The van der Waals surface area contributed by atoms with Crippen molar-refractivity contribution in [3.8, 4) is 0 Å². The Hall–Kier alpha value is -0.240. The molecule has 0 aliphatic carbocycles. The Morgan fingerprint density at radius 2 is 1.75 bits per heavy atom. The van der Waals surface area contributed by atoms with E-state index in [4.69, 9.17) is 25.5 Å². The summed E-state index contributed by atoms with van der Waals surface area (Å²) in [4.78, 5) is 0. The lowest BCUT2D eigenvalue weighted by Crippen LogP contribution is -2.40. The van der Waals surface area contributed by atoms with Gasteiger partial charge in [0, 0.05) is 0 Å². The summed E-state index contributed by atoms with van der Waals surface area (Å²) in [5.74, 6) is 0. The van der Waals surface area contributed by atoms with Gasteiger partial charge in [-0.25, -0.2) is 0 Å². The highest BCUT2D eigenvalue weighted by Crippen LogP contribution is 2.21. The van der Waals surface area contributed by atoms with E-state index in [1.807, 2.05) is 0 Å². The summed E-state index contributed by atoms with van der Waals surface area (Å²) < 4.78 is 4.58. The molecule has 6 heteroatoms. The Labute approximate surface area is 68.6 Å². The molecular formula is C6H12O6. The molecular weight excluding hydrogens is 168 g/mol. The van der Waals surface area contributed by atoms with Crippen LogP contribution in [0.15, 0.2) is 0 Å². The third-order valence-corrected chi connectivity index (χ3v) is 1.84. The third kappa shape index (κ3) is 1.58. The molecule has 5 atom stereocenters. The fourth-order valence-electron chi connectivity index (χ4n) is 1.11. The van der Waals surface area contributed by atoms with Gasteiger partial charge >= 0.3 is 0 Å². The SMILES string of the molecule is OCC(O)[C@H]1O[C@@H](O)[C@@H](O)[C@@H]1O. The molecule has 0 aromatic carbocycles. The van der Waals surface area contributed by atoms with Gasteiger partial charge in [-0.15, -0.1) is 0 Å². The Kier molecular flexibility index (Phi) is 2.99. The molecule has 5 N–H and O–H groups in total. The molecule has 1 rings (SSSR count). The minimum absolute atomic E-state index is 0.596. The molecule has 0 spiro atoms. The van der Waals surface area contributed by atoms with Crippen molar-refractivity contribution >= 4 is 0 Å². The quantitative estimate of drug-likeness (QED) is 0.306. The summed E-state index contributed by atoms with van der Waals surface area (Å²) in [6.45, 7) is -0.596. The molecule has 1 saturated heterocycles. The molecule has 12 heavy (non-hydrogen) atoms. The minimum atomic E-state index is -1.51. The van der Waals surface area contributed by atoms with E-state index in [1.54, 1.807) is 0 Å². The molecule has 0 aromatic rings. The van der Waals surface area contributed by atoms with Gasteiger partial charge in [-0.1, -0.05) is 0 Å². The van der Waals surface area contributed by atoms with Crippen LogP contribution in [0.3, 0.4) is 0 Å². The van der Waals surface area contributed by atoms with Gasteiger partial charge in [-0.2, -0.15) is 0 Å². The molecule has 0 amide bonds. The molecule has 0 radical (unpaired) electrons. The van der Waals surface area contributed by atoms with E-state index in [9.17, 15) is 0 Å². The first-order valence-corrected chi connectivity index (χ1v) is 3.56. The van der Waals surface area contributed by atoms with Crippen LogP contribution in [0.25, 0.3) is 0 Å². The molecule has 0 saturated carbocycles. The number of hydrogen-bond acceptors (Lipinski definition) is 6. The smallest absolute Gasteiger partial charge is 0.184 e. The molecule has 72 valence electrons. The van der Waals surface area contributed by atoms with Gasteiger partial charge in [0.1, 0.15) is 24.4 Å². The van der Waals surface area contributed by atoms with E-state index in [0.717, 1.165) is 0 Å². The molecule has 0 bridgehead atoms. The molecule has 0 aromatic heterocycles. The van der Waals surface area contributed by atoms with Gasteiger partial charge in [0.2, 0.25) is 0 Å².